The van der Waals surface area contributed by atoms with Gasteiger partial charge in [0.1, 0.15) is 6.61 Å². The summed E-state index contributed by atoms with van der Waals surface area (Å²) in [5.74, 6) is 5.51. The van der Waals surface area contributed by atoms with E-state index in [0.29, 0.717) is 0 Å². The summed E-state index contributed by atoms with van der Waals surface area (Å²) in [4.78, 5) is 2.08. The first kappa shape index (κ1) is 13.7. The van der Waals surface area contributed by atoms with Crippen LogP contribution in [0.2, 0.25) is 0 Å². The van der Waals surface area contributed by atoms with Crippen molar-refractivity contribution < 1.29 is 10.2 Å². The molecule has 17 heavy (non-hydrogen) atoms. The molecule has 92 valence electrons. The maximum atomic E-state index is 9.06. The lowest BCUT2D eigenvalue weighted by Crippen LogP contribution is -2.31. The van der Waals surface area contributed by atoms with Crippen LogP contribution in [-0.2, 0) is 6.54 Å². The molecule has 1 aromatic carbocycles. The first-order valence-corrected chi connectivity index (χ1v) is 5.67. The lowest BCUT2D eigenvalue weighted by Gasteiger charge is -2.22. The third kappa shape index (κ3) is 4.58. The zero-order valence-corrected chi connectivity index (χ0v) is 10.3. The summed E-state index contributed by atoms with van der Waals surface area (Å²) in [6.45, 7) is 2.79. The van der Waals surface area contributed by atoms with Crippen molar-refractivity contribution in [1.82, 2.24) is 4.90 Å². The summed E-state index contributed by atoms with van der Waals surface area (Å²) in [5, 5.41) is 17.7. The summed E-state index contributed by atoms with van der Waals surface area (Å²) in [6, 6.07) is 8.05. The largest absolute Gasteiger partial charge is 0.395 e. The van der Waals surface area contributed by atoms with Gasteiger partial charge in [-0.1, -0.05) is 24.0 Å². The minimum Gasteiger partial charge on any atom is -0.395 e. The number of hydrogen-bond donors (Lipinski definition) is 2. The number of aliphatic hydroxyl groups excluding tert-OH is 2. The van der Waals surface area contributed by atoms with Crippen molar-refractivity contribution in [2.24, 2.45) is 0 Å². The number of likely N-dealkylation sites (N-methyl/N-ethyl adjacent to an activating group) is 1. The zero-order chi connectivity index (χ0) is 12.7. The molecule has 3 nitrogen and oxygen atoms in total. The van der Waals surface area contributed by atoms with Gasteiger partial charge in [0, 0.05) is 18.2 Å². The first-order chi connectivity index (χ1) is 8.17. The fourth-order valence-corrected chi connectivity index (χ4v) is 1.47. The van der Waals surface area contributed by atoms with Crippen LogP contribution in [0.15, 0.2) is 24.3 Å². The Kier molecular flexibility index (Phi) is 5.71. The third-order valence-electron chi connectivity index (χ3n) is 2.69. The van der Waals surface area contributed by atoms with Gasteiger partial charge in [-0.25, -0.2) is 0 Å². The molecule has 3 heteroatoms. The summed E-state index contributed by atoms with van der Waals surface area (Å²) in [6.07, 6.45) is 0. The summed E-state index contributed by atoms with van der Waals surface area (Å²) in [7, 11) is 1.98. The molecular formula is C14H19NO2. The second kappa shape index (κ2) is 7.08. The Morgan fingerprint density at radius 1 is 1.35 bits per heavy atom. The van der Waals surface area contributed by atoms with Crippen molar-refractivity contribution in [3.8, 4) is 11.8 Å². The standard InChI is InChI=1S/C14H19NO2/c1-12(11-17)15(2)10-14-6-3-5-13(9-14)7-4-8-16/h3,5-6,9,12,16-17H,8,10-11H2,1-2H3. The van der Waals surface area contributed by atoms with Gasteiger partial charge in [-0.05, 0) is 31.7 Å². The van der Waals surface area contributed by atoms with Gasteiger partial charge in [-0.15, -0.1) is 0 Å². The molecule has 0 heterocycles. The predicted molar refractivity (Wildman–Crippen MR) is 68.4 cm³/mol. The SMILES string of the molecule is CC(CO)N(C)Cc1cccc(C#CCO)c1. The first-order valence-electron chi connectivity index (χ1n) is 5.67. The van der Waals surface area contributed by atoms with E-state index in [-0.39, 0.29) is 19.3 Å². The minimum absolute atomic E-state index is 0.119. The number of aliphatic hydroxyl groups is 2. The molecule has 0 saturated heterocycles. The van der Waals surface area contributed by atoms with Gasteiger partial charge >= 0.3 is 0 Å². The van der Waals surface area contributed by atoms with Gasteiger partial charge in [0.25, 0.3) is 0 Å². The molecule has 0 aliphatic heterocycles. The third-order valence-corrected chi connectivity index (χ3v) is 2.69. The number of rotatable bonds is 4. The van der Waals surface area contributed by atoms with E-state index in [4.69, 9.17) is 10.2 Å². The molecule has 1 rings (SSSR count). The van der Waals surface area contributed by atoms with Gasteiger partial charge in [-0.2, -0.15) is 0 Å². The smallest absolute Gasteiger partial charge is 0.104 e. The van der Waals surface area contributed by atoms with Gasteiger partial charge in [0.05, 0.1) is 6.61 Å². The van der Waals surface area contributed by atoms with E-state index >= 15 is 0 Å². The zero-order valence-electron chi connectivity index (χ0n) is 10.3. The lowest BCUT2D eigenvalue weighted by molar-refractivity contribution is 0.154. The predicted octanol–water partition coefficient (Wildman–Crippen LogP) is 0.843. The molecule has 1 aromatic rings. The summed E-state index contributed by atoms with van der Waals surface area (Å²) < 4.78 is 0. The average molecular weight is 233 g/mol. The molecule has 0 saturated carbocycles. The second-order valence-electron chi connectivity index (χ2n) is 4.11. The normalized spacial score (nSPS) is 12.1. The van der Waals surface area contributed by atoms with Crippen molar-refractivity contribution in [3.63, 3.8) is 0 Å². The maximum absolute atomic E-state index is 9.06. The van der Waals surface area contributed by atoms with Crippen LogP contribution in [-0.4, -0.2) is 41.4 Å². The van der Waals surface area contributed by atoms with E-state index in [1.807, 2.05) is 38.2 Å². The van der Waals surface area contributed by atoms with Crippen LogP contribution < -0.4 is 0 Å². The molecule has 1 atom stereocenters. The fourth-order valence-electron chi connectivity index (χ4n) is 1.47. The van der Waals surface area contributed by atoms with Gasteiger partial charge < -0.3 is 10.2 Å². The van der Waals surface area contributed by atoms with Crippen LogP contribution in [0.1, 0.15) is 18.1 Å². The van der Waals surface area contributed by atoms with Crippen molar-refractivity contribution in [1.29, 1.82) is 0 Å². The van der Waals surface area contributed by atoms with E-state index in [9.17, 15) is 0 Å². The molecule has 0 fully saturated rings. The molecular weight excluding hydrogens is 214 g/mol. The van der Waals surface area contributed by atoms with E-state index in [1.54, 1.807) is 0 Å². The van der Waals surface area contributed by atoms with Gasteiger partial charge in [0.2, 0.25) is 0 Å². The van der Waals surface area contributed by atoms with Gasteiger partial charge in [-0.3, -0.25) is 4.90 Å². The quantitative estimate of drug-likeness (QED) is 0.758. The molecule has 0 amide bonds. The van der Waals surface area contributed by atoms with Crippen LogP contribution in [0.25, 0.3) is 0 Å². The van der Waals surface area contributed by atoms with Crippen molar-refractivity contribution in [2.75, 3.05) is 20.3 Å². The van der Waals surface area contributed by atoms with Crippen LogP contribution >= 0.6 is 0 Å². The Morgan fingerprint density at radius 2 is 2.12 bits per heavy atom. The Bertz CT molecular complexity index is 406. The van der Waals surface area contributed by atoms with Crippen LogP contribution in [0.3, 0.4) is 0 Å². The summed E-state index contributed by atoms with van der Waals surface area (Å²) >= 11 is 0. The highest BCUT2D eigenvalue weighted by Crippen LogP contribution is 2.08. The van der Waals surface area contributed by atoms with E-state index in [0.717, 1.165) is 17.7 Å². The average Bonchev–Trinajstić information content (AvgIpc) is 2.35. The minimum atomic E-state index is -0.119. The molecule has 2 N–H and O–H groups in total. The molecule has 1 unspecified atom stereocenters. The monoisotopic (exact) mass is 233 g/mol. The fraction of sp³-hybridized carbons (Fsp3) is 0.429. The van der Waals surface area contributed by atoms with Crippen molar-refractivity contribution in [3.05, 3.63) is 35.4 Å². The van der Waals surface area contributed by atoms with Gasteiger partial charge in [0.15, 0.2) is 0 Å². The highest BCUT2D eigenvalue weighted by Gasteiger charge is 2.07. The Balaban J connectivity index is 2.72. The summed E-state index contributed by atoms with van der Waals surface area (Å²) in [5.41, 5.74) is 2.05. The van der Waals surface area contributed by atoms with Crippen molar-refractivity contribution >= 4 is 0 Å². The highest BCUT2D eigenvalue weighted by atomic mass is 16.3. The molecule has 0 spiro atoms. The van der Waals surface area contributed by atoms with E-state index in [2.05, 4.69) is 16.7 Å². The molecule has 0 aromatic heterocycles. The lowest BCUT2D eigenvalue weighted by atomic mass is 10.1. The number of nitrogens with zero attached hydrogens (tertiary/aromatic N) is 1. The molecule has 0 bridgehead atoms. The topological polar surface area (TPSA) is 43.7 Å². The second-order valence-corrected chi connectivity index (χ2v) is 4.11. The Labute approximate surface area is 103 Å². The van der Waals surface area contributed by atoms with Crippen LogP contribution in [0, 0.1) is 11.8 Å². The molecule has 0 aliphatic carbocycles. The maximum Gasteiger partial charge on any atom is 0.104 e. The van der Waals surface area contributed by atoms with Crippen LogP contribution in [0.4, 0.5) is 0 Å². The highest BCUT2D eigenvalue weighted by molar-refractivity contribution is 5.37. The molecule has 0 radical (unpaired) electrons. The van der Waals surface area contributed by atoms with E-state index < -0.39 is 0 Å². The Hall–Kier alpha value is -1.34. The van der Waals surface area contributed by atoms with Crippen LogP contribution in [0.5, 0.6) is 0 Å². The number of hydrogen-bond acceptors (Lipinski definition) is 3. The number of benzene rings is 1. The Morgan fingerprint density at radius 3 is 2.76 bits per heavy atom. The van der Waals surface area contributed by atoms with Crippen molar-refractivity contribution in [2.45, 2.75) is 19.5 Å². The molecule has 0 aliphatic rings. The van der Waals surface area contributed by atoms with E-state index in [1.165, 1.54) is 0 Å².